The van der Waals surface area contributed by atoms with Crippen LogP contribution in [0.2, 0.25) is 0 Å². The third kappa shape index (κ3) is 4.73. The molecule has 0 atom stereocenters. The lowest BCUT2D eigenvalue weighted by molar-refractivity contribution is -0.384. The first kappa shape index (κ1) is 16.9. The fourth-order valence-electron chi connectivity index (χ4n) is 2.05. The third-order valence-corrected chi connectivity index (χ3v) is 2.86. The number of nitrogens with zero attached hydrogens (tertiary/aromatic N) is 3. The van der Waals surface area contributed by atoms with Crippen LogP contribution >= 0.6 is 0 Å². The van der Waals surface area contributed by atoms with E-state index in [1.807, 2.05) is 20.8 Å². The fraction of sp³-hybridized carbons (Fsp3) is 0.692. The highest BCUT2D eigenvalue weighted by Crippen LogP contribution is 2.28. The van der Waals surface area contributed by atoms with Crippen molar-refractivity contribution in [3.05, 3.63) is 15.8 Å². The lowest BCUT2D eigenvalue weighted by atomic mass is 10.2. The second kappa shape index (κ2) is 7.61. The molecule has 0 saturated carbocycles. The van der Waals surface area contributed by atoms with E-state index in [0.29, 0.717) is 24.5 Å². The summed E-state index contributed by atoms with van der Waals surface area (Å²) < 4.78 is 1.46. The SMILES string of the molecule is CCCc1nn(C)c(NCCC(=O)NC(C)C)c1[N+](=O)[O-]. The molecule has 21 heavy (non-hydrogen) atoms. The molecule has 1 heterocycles. The summed E-state index contributed by atoms with van der Waals surface area (Å²) in [5, 5.41) is 21.1. The van der Waals surface area contributed by atoms with E-state index in [0.717, 1.165) is 6.42 Å². The summed E-state index contributed by atoms with van der Waals surface area (Å²) in [5.41, 5.74) is 0.475. The van der Waals surface area contributed by atoms with Crippen molar-refractivity contribution in [3.8, 4) is 0 Å². The van der Waals surface area contributed by atoms with Gasteiger partial charge in [-0.15, -0.1) is 0 Å². The molecule has 1 rings (SSSR count). The highest BCUT2D eigenvalue weighted by Gasteiger charge is 2.25. The van der Waals surface area contributed by atoms with Gasteiger partial charge in [-0.05, 0) is 20.3 Å². The van der Waals surface area contributed by atoms with Crippen LogP contribution in [0.25, 0.3) is 0 Å². The molecule has 1 amide bonds. The monoisotopic (exact) mass is 297 g/mol. The van der Waals surface area contributed by atoms with Gasteiger partial charge in [0.1, 0.15) is 5.69 Å². The number of hydrogen-bond acceptors (Lipinski definition) is 5. The van der Waals surface area contributed by atoms with E-state index in [1.54, 1.807) is 7.05 Å². The summed E-state index contributed by atoms with van der Waals surface area (Å²) in [6, 6.07) is 0.0831. The van der Waals surface area contributed by atoms with E-state index in [4.69, 9.17) is 0 Å². The number of carbonyl (C=O) groups is 1. The first-order valence-corrected chi connectivity index (χ1v) is 7.10. The second-order valence-corrected chi connectivity index (χ2v) is 5.17. The Morgan fingerprint density at radius 1 is 1.48 bits per heavy atom. The van der Waals surface area contributed by atoms with E-state index in [1.165, 1.54) is 4.68 Å². The van der Waals surface area contributed by atoms with Crippen molar-refractivity contribution in [3.63, 3.8) is 0 Å². The zero-order chi connectivity index (χ0) is 16.0. The van der Waals surface area contributed by atoms with Gasteiger partial charge in [0.2, 0.25) is 11.7 Å². The number of hydrogen-bond donors (Lipinski definition) is 2. The summed E-state index contributed by atoms with van der Waals surface area (Å²) in [6.45, 7) is 6.04. The molecular weight excluding hydrogens is 274 g/mol. The molecule has 8 heteroatoms. The van der Waals surface area contributed by atoms with Gasteiger partial charge in [0.25, 0.3) is 0 Å². The molecule has 118 valence electrons. The van der Waals surface area contributed by atoms with Gasteiger partial charge in [0, 0.05) is 26.1 Å². The highest BCUT2D eigenvalue weighted by molar-refractivity contribution is 5.76. The first-order chi connectivity index (χ1) is 9.86. The standard InChI is InChI=1S/C13H23N5O3/c1-5-6-10-12(18(20)21)13(17(4)16-10)14-8-7-11(19)15-9(2)3/h9,14H,5-8H2,1-4H3,(H,15,19). The summed E-state index contributed by atoms with van der Waals surface area (Å²) >= 11 is 0. The molecule has 0 unspecified atom stereocenters. The van der Waals surface area contributed by atoms with Crippen molar-refractivity contribution < 1.29 is 9.72 Å². The zero-order valence-corrected chi connectivity index (χ0v) is 13.0. The smallest absolute Gasteiger partial charge is 0.333 e. The van der Waals surface area contributed by atoms with Gasteiger partial charge >= 0.3 is 5.69 Å². The van der Waals surface area contributed by atoms with Gasteiger partial charge in [-0.25, -0.2) is 4.68 Å². The van der Waals surface area contributed by atoms with Gasteiger partial charge in [-0.2, -0.15) is 5.10 Å². The predicted molar refractivity (Wildman–Crippen MR) is 80.2 cm³/mol. The molecule has 0 radical (unpaired) electrons. The molecular formula is C13H23N5O3. The molecule has 0 spiro atoms. The van der Waals surface area contributed by atoms with E-state index in [9.17, 15) is 14.9 Å². The number of nitro groups is 1. The normalized spacial score (nSPS) is 10.7. The number of aromatic nitrogens is 2. The van der Waals surface area contributed by atoms with Crippen LogP contribution < -0.4 is 10.6 Å². The quantitative estimate of drug-likeness (QED) is 0.560. The van der Waals surface area contributed by atoms with Crippen molar-refractivity contribution in [2.75, 3.05) is 11.9 Å². The maximum absolute atomic E-state index is 11.5. The van der Waals surface area contributed by atoms with E-state index in [2.05, 4.69) is 15.7 Å². The fourth-order valence-corrected chi connectivity index (χ4v) is 2.05. The van der Waals surface area contributed by atoms with Gasteiger partial charge in [-0.1, -0.05) is 13.3 Å². The second-order valence-electron chi connectivity index (χ2n) is 5.17. The van der Waals surface area contributed by atoms with Crippen LogP contribution in [0.1, 0.15) is 39.3 Å². The molecule has 0 aliphatic heterocycles. The van der Waals surface area contributed by atoms with Gasteiger partial charge < -0.3 is 10.6 Å². The van der Waals surface area contributed by atoms with Crippen LogP contribution in [0.4, 0.5) is 11.5 Å². The third-order valence-electron chi connectivity index (χ3n) is 2.86. The Morgan fingerprint density at radius 3 is 2.67 bits per heavy atom. The maximum Gasteiger partial charge on any atom is 0.333 e. The molecule has 0 aliphatic carbocycles. The van der Waals surface area contributed by atoms with Crippen molar-refractivity contribution in [1.82, 2.24) is 15.1 Å². The van der Waals surface area contributed by atoms with Crippen molar-refractivity contribution in [2.24, 2.45) is 7.05 Å². The summed E-state index contributed by atoms with van der Waals surface area (Å²) in [6.07, 6.45) is 1.59. The largest absolute Gasteiger partial charge is 0.364 e. The Labute approximate surface area is 124 Å². The minimum atomic E-state index is -0.422. The van der Waals surface area contributed by atoms with Crippen LogP contribution in [0.15, 0.2) is 0 Å². The van der Waals surface area contributed by atoms with Gasteiger partial charge in [-0.3, -0.25) is 14.9 Å². The summed E-state index contributed by atoms with van der Waals surface area (Å²) in [4.78, 5) is 22.3. The van der Waals surface area contributed by atoms with Gasteiger partial charge in [0.15, 0.2) is 0 Å². The summed E-state index contributed by atoms with van der Waals surface area (Å²) in [5.74, 6) is 0.261. The molecule has 0 fully saturated rings. The average molecular weight is 297 g/mol. The summed E-state index contributed by atoms with van der Waals surface area (Å²) in [7, 11) is 1.66. The number of nitrogens with one attached hydrogen (secondary N) is 2. The first-order valence-electron chi connectivity index (χ1n) is 7.10. The Bertz CT molecular complexity index is 510. The molecule has 8 nitrogen and oxygen atoms in total. The minimum Gasteiger partial charge on any atom is -0.364 e. The van der Waals surface area contributed by atoms with Crippen LogP contribution in [0.5, 0.6) is 0 Å². The van der Waals surface area contributed by atoms with Gasteiger partial charge in [0.05, 0.1) is 4.92 Å². The van der Waals surface area contributed by atoms with Crippen LogP contribution in [0.3, 0.4) is 0 Å². The lowest BCUT2D eigenvalue weighted by Gasteiger charge is -2.09. The average Bonchev–Trinajstić information content (AvgIpc) is 2.65. The number of amides is 1. The van der Waals surface area contributed by atoms with Crippen molar-refractivity contribution >= 4 is 17.4 Å². The molecule has 1 aromatic rings. The van der Waals surface area contributed by atoms with Crippen LogP contribution in [0, 0.1) is 10.1 Å². The van der Waals surface area contributed by atoms with Crippen molar-refractivity contribution in [2.45, 2.75) is 46.1 Å². The number of rotatable bonds is 8. The van der Waals surface area contributed by atoms with E-state index >= 15 is 0 Å². The number of carbonyl (C=O) groups excluding carboxylic acids is 1. The Kier molecular flexibility index (Phi) is 6.13. The number of anilines is 1. The topological polar surface area (TPSA) is 102 Å². The molecule has 0 bridgehead atoms. The minimum absolute atomic E-state index is 0.00335. The molecule has 2 N–H and O–H groups in total. The van der Waals surface area contributed by atoms with Crippen LogP contribution in [-0.4, -0.2) is 33.2 Å². The molecule has 0 saturated heterocycles. The van der Waals surface area contributed by atoms with E-state index in [-0.39, 0.29) is 24.1 Å². The Morgan fingerprint density at radius 2 is 2.14 bits per heavy atom. The molecule has 0 aliphatic rings. The number of aryl methyl sites for hydroxylation is 2. The van der Waals surface area contributed by atoms with Crippen molar-refractivity contribution in [1.29, 1.82) is 0 Å². The van der Waals surface area contributed by atoms with Crippen LogP contribution in [-0.2, 0) is 18.3 Å². The molecule has 0 aromatic carbocycles. The highest BCUT2D eigenvalue weighted by atomic mass is 16.6. The predicted octanol–water partition coefficient (Wildman–Crippen LogP) is 1.61. The van der Waals surface area contributed by atoms with E-state index < -0.39 is 4.92 Å². The Hall–Kier alpha value is -2.12. The maximum atomic E-state index is 11.5. The molecule has 1 aromatic heterocycles. The zero-order valence-electron chi connectivity index (χ0n) is 13.0. The Balaban J connectivity index is 2.74. The lowest BCUT2D eigenvalue weighted by Crippen LogP contribution is -2.31.